The first-order chi connectivity index (χ1) is 4.88. The monoisotopic (exact) mass is 151 g/mol. The van der Waals surface area contributed by atoms with Crippen LogP contribution in [0.3, 0.4) is 0 Å². The Hall–Kier alpha value is -0.430. The van der Waals surface area contributed by atoms with Gasteiger partial charge in [-0.15, -0.1) is 11.8 Å². The summed E-state index contributed by atoms with van der Waals surface area (Å²) < 4.78 is 0. The lowest BCUT2D eigenvalue weighted by Crippen LogP contribution is -1.82. The van der Waals surface area contributed by atoms with E-state index in [4.69, 9.17) is 0 Å². The van der Waals surface area contributed by atoms with E-state index in [1.165, 1.54) is 10.5 Å². The number of hydrogen-bond donors (Lipinski definition) is 0. The molecule has 1 rings (SSSR count). The first kappa shape index (κ1) is 7.67. The molecular weight excluding hydrogens is 140 g/mol. The quantitative estimate of drug-likeness (QED) is 0.586. The van der Waals surface area contributed by atoms with Crippen LogP contribution in [0.5, 0.6) is 0 Å². The normalized spacial score (nSPS) is 9.80. The van der Waals surface area contributed by atoms with Gasteiger partial charge in [-0.25, -0.2) is 0 Å². The Morgan fingerprint density at radius 2 is 2.40 bits per heavy atom. The van der Waals surface area contributed by atoms with E-state index in [1.807, 2.05) is 12.1 Å². The van der Waals surface area contributed by atoms with Crippen molar-refractivity contribution in [1.82, 2.24) is 0 Å². The Morgan fingerprint density at radius 3 is 2.90 bits per heavy atom. The maximum Gasteiger partial charge on any atom is 0.0107 e. The van der Waals surface area contributed by atoms with E-state index >= 15 is 0 Å². The van der Waals surface area contributed by atoms with E-state index in [-0.39, 0.29) is 0 Å². The summed E-state index contributed by atoms with van der Waals surface area (Å²) in [7, 11) is 0. The minimum Gasteiger partial charge on any atom is -0.129 e. The Bertz CT molecular complexity index is 183. The van der Waals surface area contributed by atoms with Gasteiger partial charge in [-0.1, -0.05) is 19.1 Å². The first-order valence-corrected chi connectivity index (χ1v) is 4.64. The van der Waals surface area contributed by atoms with Gasteiger partial charge in [-0.3, -0.25) is 0 Å². The van der Waals surface area contributed by atoms with E-state index in [0.29, 0.717) is 0 Å². The van der Waals surface area contributed by atoms with Crippen LogP contribution in [0.4, 0.5) is 0 Å². The Labute approximate surface area is 66.6 Å². The number of benzene rings is 1. The summed E-state index contributed by atoms with van der Waals surface area (Å²) in [5, 5.41) is 0. The van der Waals surface area contributed by atoms with Gasteiger partial charge in [0.2, 0.25) is 0 Å². The highest BCUT2D eigenvalue weighted by Gasteiger charge is 1.95. The van der Waals surface area contributed by atoms with Crippen LogP contribution in [0.1, 0.15) is 12.5 Å². The number of aryl methyl sites for hydroxylation is 1. The van der Waals surface area contributed by atoms with Crippen molar-refractivity contribution in [3.05, 3.63) is 29.8 Å². The summed E-state index contributed by atoms with van der Waals surface area (Å²) in [5.74, 6) is 0. The third-order valence-electron chi connectivity index (χ3n) is 1.47. The van der Waals surface area contributed by atoms with Crippen LogP contribution in [0.2, 0.25) is 0 Å². The van der Waals surface area contributed by atoms with Crippen LogP contribution < -0.4 is 0 Å². The average molecular weight is 151 g/mol. The maximum atomic E-state index is 3.22. The van der Waals surface area contributed by atoms with Crippen LogP contribution in [0.15, 0.2) is 23.1 Å². The van der Waals surface area contributed by atoms with Crippen LogP contribution in [0, 0.1) is 6.07 Å². The standard InChI is InChI=1S/C9H11S/c1-3-8-6-4-5-7-9(8)10-2/h4-5,7H,3H2,1-2H3. The van der Waals surface area contributed by atoms with E-state index in [1.54, 1.807) is 11.8 Å². The Kier molecular flexibility index (Phi) is 2.82. The highest BCUT2D eigenvalue weighted by atomic mass is 32.2. The SMILES string of the molecule is CCc1[c]cccc1SC. The molecule has 0 saturated heterocycles. The van der Waals surface area contributed by atoms with Crippen LogP contribution in [-0.2, 0) is 6.42 Å². The minimum atomic E-state index is 1.08. The first-order valence-electron chi connectivity index (χ1n) is 3.42. The Balaban J connectivity index is 2.96. The van der Waals surface area contributed by atoms with Crippen molar-refractivity contribution < 1.29 is 0 Å². The zero-order valence-corrected chi connectivity index (χ0v) is 7.16. The van der Waals surface area contributed by atoms with Gasteiger partial charge in [0.05, 0.1) is 0 Å². The van der Waals surface area contributed by atoms with Crippen LogP contribution >= 0.6 is 11.8 Å². The molecule has 0 amide bonds. The lowest BCUT2D eigenvalue weighted by atomic mass is 10.2. The van der Waals surface area contributed by atoms with Crippen molar-refractivity contribution in [3.8, 4) is 0 Å². The maximum absolute atomic E-state index is 3.22. The summed E-state index contributed by atoms with van der Waals surface area (Å²) in [6.45, 7) is 2.16. The molecule has 0 aliphatic rings. The van der Waals surface area contributed by atoms with Crippen molar-refractivity contribution in [1.29, 1.82) is 0 Å². The van der Waals surface area contributed by atoms with E-state index in [2.05, 4.69) is 25.3 Å². The molecule has 0 aliphatic heterocycles. The van der Waals surface area contributed by atoms with Gasteiger partial charge >= 0.3 is 0 Å². The molecule has 1 aromatic carbocycles. The fraction of sp³-hybridized carbons (Fsp3) is 0.333. The van der Waals surface area contributed by atoms with Crippen molar-refractivity contribution >= 4 is 11.8 Å². The summed E-state index contributed by atoms with van der Waals surface area (Å²) in [6.07, 6.45) is 3.18. The molecule has 0 heterocycles. The smallest absolute Gasteiger partial charge is 0.0107 e. The topological polar surface area (TPSA) is 0 Å². The zero-order valence-electron chi connectivity index (χ0n) is 6.35. The second kappa shape index (κ2) is 3.67. The van der Waals surface area contributed by atoms with E-state index in [9.17, 15) is 0 Å². The lowest BCUT2D eigenvalue weighted by Gasteiger charge is -2.01. The van der Waals surface area contributed by atoms with Gasteiger partial charge in [-0.05, 0) is 30.4 Å². The molecule has 1 radical (unpaired) electrons. The number of thioether (sulfide) groups is 1. The third kappa shape index (κ3) is 1.54. The van der Waals surface area contributed by atoms with Crippen LogP contribution in [-0.4, -0.2) is 6.26 Å². The molecule has 0 bridgehead atoms. The van der Waals surface area contributed by atoms with Crippen molar-refractivity contribution in [2.45, 2.75) is 18.2 Å². The van der Waals surface area contributed by atoms with Crippen molar-refractivity contribution in [2.75, 3.05) is 6.26 Å². The predicted octanol–water partition coefficient (Wildman–Crippen LogP) is 2.77. The van der Waals surface area contributed by atoms with Gasteiger partial charge in [0.25, 0.3) is 0 Å². The van der Waals surface area contributed by atoms with Gasteiger partial charge in [0.15, 0.2) is 0 Å². The van der Waals surface area contributed by atoms with Crippen molar-refractivity contribution in [2.24, 2.45) is 0 Å². The highest BCUT2D eigenvalue weighted by Crippen LogP contribution is 2.19. The van der Waals surface area contributed by atoms with E-state index in [0.717, 1.165) is 6.42 Å². The Morgan fingerprint density at radius 1 is 1.60 bits per heavy atom. The zero-order chi connectivity index (χ0) is 7.40. The molecule has 0 atom stereocenters. The van der Waals surface area contributed by atoms with Gasteiger partial charge in [0, 0.05) is 4.90 Å². The summed E-state index contributed by atoms with van der Waals surface area (Å²) >= 11 is 1.79. The summed E-state index contributed by atoms with van der Waals surface area (Å²) in [4.78, 5) is 1.35. The summed E-state index contributed by atoms with van der Waals surface area (Å²) in [6, 6.07) is 9.36. The van der Waals surface area contributed by atoms with Crippen molar-refractivity contribution in [3.63, 3.8) is 0 Å². The molecule has 1 heteroatoms. The average Bonchev–Trinajstić information content (AvgIpc) is 2.04. The molecular formula is C9H11S. The number of hydrogen-bond acceptors (Lipinski definition) is 1. The lowest BCUT2D eigenvalue weighted by molar-refractivity contribution is 1.08. The molecule has 0 spiro atoms. The molecule has 0 unspecified atom stereocenters. The largest absolute Gasteiger partial charge is 0.129 e. The third-order valence-corrected chi connectivity index (χ3v) is 2.29. The molecule has 0 aromatic heterocycles. The molecule has 0 fully saturated rings. The molecule has 0 nitrogen and oxygen atoms in total. The highest BCUT2D eigenvalue weighted by molar-refractivity contribution is 7.98. The molecule has 10 heavy (non-hydrogen) atoms. The minimum absolute atomic E-state index is 1.08. The second-order valence-corrected chi connectivity index (χ2v) is 2.92. The predicted molar refractivity (Wildman–Crippen MR) is 46.4 cm³/mol. The number of rotatable bonds is 2. The molecule has 0 aliphatic carbocycles. The van der Waals surface area contributed by atoms with Crippen LogP contribution in [0.25, 0.3) is 0 Å². The molecule has 0 saturated carbocycles. The fourth-order valence-corrected chi connectivity index (χ4v) is 1.59. The summed E-state index contributed by atoms with van der Waals surface area (Å²) in [5.41, 5.74) is 1.33. The molecule has 1 aromatic rings. The van der Waals surface area contributed by atoms with E-state index < -0.39 is 0 Å². The van der Waals surface area contributed by atoms with Gasteiger partial charge in [-0.2, -0.15) is 0 Å². The van der Waals surface area contributed by atoms with Gasteiger partial charge in [0.1, 0.15) is 0 Å². The molecule has 53 valence electrons. The molecule has 0 N–H and O–H groups in total. The van der Waals surface area contributed by atoms with Gasteiger partial charge < -0.3 is 0 Å². The second-order valence-electron chi connectivity index (χ2n) is 2.07. The fourth-order valence-electron chi connectivity index (χ4n) is 0.923.